The van der Waals surface area contributed by atoms with Gasteiger partial charge < -0.3 is 10.1 Å². The number of ether oxygens (including phenoxy) is 1. The molecule has 0 aromatic heterocycles. The normalized spacial score (nSPS) is 12.7. The number of carbonyl (C=O) groups excluding carboxylic acids is 1. The van der Waals surface area contributed by atoms with Crippen LogP contribution >= 0.6 is 11.6 Å². The van der Waals surface area contributed by atoms with Crippen molar-refractivity contribution >= 4 is 17.5 Å². The van der Waals surface area contributed by atoms with Gasteiger partial charge in [0.1, 0.15) is 11.5 Å². The van der Waals surface area contributed by atoms with Crippen molar-refractivity contribution in [3.8, 4) is 11.5 Å². The van der Waals surface area contributed by atoms with Crippen molar-refractivity contribution < 1.29 is 9.53 Å². The van der Waals surface area contributed by atoms with Crippen LogP contribution in [0.5, 0.6) is 11.5 Å². The molecule has 3 nitrogen and oxygen atoms in total. The molecule has 4 rings (SSSR count). The van der Waals surface area contributed by atoms with Crippen LogP contribution in [0.1, 0.15) is 22.6 Å². The zero-order valence-electron chi connectivity index (χ0n) is 13.4. The van der Waals surface area contributed by atoms with E-state index in [1.807, 2.05) is 72.8 Å². The number of nitrogens with one attached hydrogen (secondary N) is 1. The number of hydrogen-bond acceptors (Lipinski definition) is 2. The van der Waals surface area contributed by atoms with E-state index in [1.165, 1.54) is 0 Å². The molecule has 0 spiro atoms. The standard InChI is InChI=1S/C21H16ClNO2/c22-17-10-4-1-7-14(17)13-23-21(24)20-15-8-2-5-11-18(15)25-19-12-6-3-9-16(19)20/h1-12,20H,13H2,(H,23,24). The Kier molecular flexibility index (Phi) is 4.16. The van der Waals surface area contributed by atoms with E-state index < -0.39 is 5.92 Å². The highest BCUT2D eigenvalue weighted by Crippen LogP contribution is 2.43. The van der Waals surface area contributed by atoms with Crippen molar-refractivity contribution in [2.24, 2.45) is 0 Å². The number of benzene rings is 3. The van der Waals surface area contributed by atoms with Crippen LogP contribution in [0.15, 0.2) is 72.8 Å². The van der Waals surface area contributed by atoms with Gasteiger partial charge in [0, 0.05) is 22.7 Å². The monoisotopic (exact) mass is 349 g/mol. The van der Waals surface area contributed by atoms with Gasteiger partial charge in [-0.2, -0.15) is 0 Å². The highest BCUT2D eigenvalue weighted by molar-refractivity contribution is 6.31. The molecule has 3 aromatic rings. The van der Waals surface area contributed by atoms with Gasteiger partial charge in [-0.15, -0.1) is 0 Å². The first-order valence-corrected chi connectivity index (χ1v) is 8.48. The lowest BCUT2D eigenvalue weighted by Gasteiger charge is -2.27. The number of amides is 1. The van der Waals surface area contributed by atoms with Gasteiger partial charge in [-0.1, -0.05) is 66.2 Å². The number of hydrogen-bond donors (Lipinski definition) is 1. The van der Waals surface area contributed by atoms with Gasteiger partial charge in [-0.05, 0) is 23.8 Å². The van der Waals surface area contributed by atoms with E-state index in [1.54, 1.807) is 0 Å². The summed E-state index contributed by atoms with van der Waals surface area (Å²) in [5.41, 5.74) is 2.64. The molecule has 0 saturated heterocycles. The molecule has 25 heavy (non-hydrogen) atoms. The highest BCUT2D eigenvalue weighted by Gasteiger charge is 2.32. The van der Waals surface area contributed by atoms with Gasteiger partial charge in [-0.25, -0.2) is 0 Å². The quantitative estimate of drug-likeness (QED) is 0.730. The molecule has 0 atom stereocenters. The maximum atomic E-state index is 13.0. The van der Waals surface area contributed by atoms with E-state index in [0.29, 0.717) is 11.6 Å². The molecule has 1 aliphatic heterocycles. The second kappa shape index (κ2) is 6.61. The van der Waals surface area contributed by atoms with Gasteiger partial charge in [-0.3, -0.25) is 4.79 Å². The summed E-state index contributed by atoms with van der Waals surface area (Å²) in [4.78, 5) is 13.0. The lowest BCUT2D eigenvalue weighted by atomic mass is 9.87. The molecule has 1 heterocycles. The van der Waals surface area contributed by atoms with Crippen LogP contribution in [0, 0.1) is 0 Å². The van der Waals surface area contributed by atoms with Gasteiger partial charge >= 0.3 is 0 Å². The number of halogens is 1. The minimum absolute atomic E-state index is 0.0666. The lowest BCUT2D eigenvalue weighted by molar-refractivity contribution is -0.122. The molecule has 124 valence electrons. The molecule has 0 bridgehead atoms. The predicted octanol–water partition coefficient (Wildman–Crippen LogP) is 4.89. The van der Waals surface area contributed by atoms with Gasteiger partial charge in [0.2, 0.25) is 5.91 Å². The zero-order valence-corrected chi connectivity index (χ0v) is 14.2. The topological polar surface area (TPSA) is 38.3 Å². The van der Waals surface area contributed by atoms with Crippen molar-refractivity contribution in [1.29, 1.82) is 0 Å². The Balaban J connectivity index is 1.65. The van der Waals surface area contributed by atoms with E-state index >= 15 is 0 Å². The maximum Gasteiger partial charge on any atom is 0.232 e. The summed E-state index contributed by atoms with van der Waals surface area (Å²) in [6, 6.07) is 22.8. The number of para-hydroxylation sites is 2. The maximum absolute atomic E-state index is 13.0. The van der Waals surface area contributed by atoms with Crippen LogP contribution in [0.25, 0.3) is 0 Å². The SMILES string of the molecule is O=C(NCc1ccccc1Cl)C1c2ccccc2Oc2ccccc21. The van der Waals surface area contributed by atoms with Crippen molar-refractivity contribution in [1.82, 2.24) is 5.32 Å². The van der Waals surface area contributed by atoms with Crippen molar-refractivity contribution in [3.05, 3.63) is 94.5 Å². The molecule has 3 aromatic carbocycles. The third-order valence-corrected chi connectivity index (χ3v) is 4.72. The van der Waals surface area contributed by atoms with Crippen LogP contribution in [0.2, 0.25) is 5.02 Å². The van der Waals surface area contributed by atoms with Crippen molar-refractivity contribution in [3.63, 3.8) is 0 Å². The van der Waals surface area contributed by atoms with Gasteiger partial charge in [0.25, 0.3) is 0 Å². The Bertz CT molecular complexity index is 893. The van der Waals surface area contributed by atoms with Crippen LogP contribution in [0.4, 0.5) is 0 Å². The first-order chi connectivity index (χ1) is 12.2. The van der Waals surface area contributed by atoms with Crippen LogP contribution in [0.3, 0.4) is 0 Å². The summed E-state index contributed by atoms with van der Waals surface area (Å²) in [5, 5.41) is 3.66. The molecule has 0 radical (unpaired) electrons. The van der Waals surface area contributed by atoms with E-state index in [2.05, 4.69) is 5.32 Å². The first-order valence-electron chi connectivity index (χ1n) is 8.11. The Hall–Kier alpha value is -2.78. The summed E-state index contributed by atoms with van der Waals surface area (Å²) in [7, 11) is 0. The fourth-order valence-electron chi connectivity index (χ4n) is 3.12. The Morgan fingerprint density at radius 3 is 2.08 bits per heavy atom. The van der Waals surface area contributed by atoms with Crippen LogP contribution < -0.4 is 10.1 Å². The fraction of sp³-hybridized carbons (Fsp3) is 0.0952. The predicted molar refractivity (Wildman–Crippen MR) is 98.1 cm³/mol. The molecule has 0 saturated carbocycles. The zero-order chi connectivity index (χ0) is 17.2. The summed E-state index contributed by atoms with van der Waals surface area (Å²) < 4.78 is 5.94. The molecule has 0 fully saturated rings. The average molecular weight is 350 g/mol. The van der Waals surface area contributed by atoms with E-state index in [-0.39, 0.29) is 5.91 Å². The summed E-state index contributed by atoms with van der Waals surface area (Å²) in [6.45, 7) is 0.389. The molecule has 0 aliphatic carbocycles. The average Bonchev–Trinajstić information content (AvgIpc) is 2.65. The molecular weight excluding hydrogens is 334 g/mol. The molecule has 1 amide bonds. The van der Waals surface area contributed by atoms with E-state index in [9.17, 15) is 4.79 Å². The van der Waals surface area contributed by atoms with Crippen LogP contribution in [-0.4, -0.2) is 5.91 Å². The minimum Gasteiger partial charge on any atom is -0.457 e. The Morgan fingerprint density at radius 2 is 1.44 bits per heavy atom. The van der Waals surface area contributed by atoms with Gasteiger partial charge in [0.05, 0.1) is 5.92 Å². The third kappa shape index (κ3) is 2.99. The van der Waals surface area contributed by atoms with Crippen molar-refractivity contribution in [2.45, 2.75) is 12.5 Å². The van der Waals surface area contributed by atoms with E-state index in [4.69, 9.17) is 16.3 Å². The number of rotatable bonds is 3. The van der Waals surface area contributed by atoms with Crippen LogP contribution in [-0.2, 0) is 11.3 Å². The number of carbonyl (C=O) groups is 1. The first kappa shape index (κ1) is 15.7. The molecule has 1 aliphatic rings. The summed E-state index contributed by atoms with van der Waals surface area (Å²) in [6.07, 6.45) is 0. The second-order valence-electron chi connectivity index (χ2n) is 5.92. The minimum atomic E-state index is -0.399. The van der Waals surface area contributed by atoms with Crippen molar-refractivity contribution in [2.75, 3.05) is 0 Å². The van der Waals surface area contributed by atoms with Gasteiger partial charge in [0.15, 0.2) is 0 Å². The lowest BCUT2D eigenvalue weighted by Crippen LogP contribution is -2.31. The highest BCUT2D eigenvalue weighted by atomic mass is 35.5. The molecule has 1 N–H and O–H groups in total. The Morgan fingerprint density at radius 1 is 0.880 bits per heavy atom. The second-order valence-corrected chi connectivity index (χ2v) is 6.33. The number of fused-ring (bicyclic) bond motifs is 2. The van der Waals surface area contributed by atoms with E-state index in [0.717, 1.165) is 28.2 Å². The third-order valence-electron chi connectivity index (χ3n) is 4.35. The molecule has 0 unspecified atom stereocenters. The summed E-state index contributed by atoms with van der Waals surface area (Å²) in [5.74, 6) is 0.977. The smallest absolute Gasteiger partial charge is 0.232 e. The largest absolute Gasteiger partial charge is 0.457 e. The fourth-order valence-corrected chi connectivity index (χ4v) is 3.32. The summed E-state index contributed by atoms with van der Waals surface area (Å²) >= 11 is 6.18. The molecular formula is C21H16ClNO2. The molecule has 4 heteroatoms. The Labute approximate surface area is 151 Å².